The number of halogens is 2. The van der Waals surface area contributed by atoms with E-state index in [9.17, 15) is 0 Å². The standard InChI is InChI=1S/C13H13Cl2NOS/c1-7-5-11(18-13(7)15)12(16)9-6-8(14)3-4-10(9)17-2/h3-6,12H,16H2,1-2H3. The van der Waals surface area contributed by atoms with Crippen LogP contribution >= 0.6 is 34.5 Å². The molecule has 1 atom stereocenters. The van der Waals surface area contributed by atoms with E-state index in [0.29, 0.717) is 5.02 Å². The molecular weight excluding hydrogens is 289 g/mol. The first-order chi connectivity index (χ1) is 8.52. The molecule has 0 saturated carbocycles. The van der Waals surface area contributed by atoms with Gasteiger partial charge in [0, 0.05) is 15.5 Å². The fourth-order valence-electron chi connectivity index (χ4n) is 1.74. The van der Waals surface area contributed by atoms with Crippen molar-refractivity contribution < 1.29 is 4.74 Å². The van der Waals surface area contributed by atoms with E-state index in [-0.39, 0.29) is 6.04 Å². The van der Waals surface area contributed by atoms with E-state index in [1.807, 2.05) is 25.1 Å². The minimum absolute atomic E-state index is 0.283. The number of hydrogen-bond acceptors (Lipinski definition) is 3. The van der Waals surface area contributed by atoms with Crippen LogP contribution < -0.4 is 10.5 Å². The molecule has 0 spiro atoms. The number of benzene rings is 1. The lowest BCUT2D eigenvalue weighted by atomic mass is 10.0. The molecule has 1 aromatic heterocycles. The molecule has 0 aliphatic carbocycles. The van der Waals surface area contributed by atoms with Gasteiger partial charge in [-0.3, -0.25) is 0 Å². The van der Waals surface area contributed by atoms with E-state index in [2.05, 4.69) is 0 Å². The fourth-order valence-corrected chi connectivity index (χ4v) is 3.16. The van der Waals surface area contributed by atoms with Crippen LogP contribution in [0.4, 0.5) is 0 Å². The highest BCUT2D eigenvalue weighted by molar-refractivity contribution is 7.16. The smallest absolute Gasteiger partial charge is 0.124 e. The van der Waals surface area contributed by atoms with Crippen molar-refractivity contribution in [2.75, 3.05) is 7.11 Å². The first-order valence-electron chi connectivity index (χ1n) is 5.37. The summed E-state index contributed by atoms with van der Waals surface area (Å²) in [5.74, 6) is 0.731. The lowest BCUT2D eigenvalue weighted by molar-refractivity contribution is 0.408. The van der Waals surface area contributed by atoms with E-state index in [4.69, 9.17) is 33.7 Å². The van der Waals surface area contributed by atoms with Crippen LogP contribution in [0.15, 0.2) is 24.3 Å². The van der Waals surface area contributed by atoms with Crippen molar-refractivity contribution >= 4 is 34.5 Å². The van der Waals surface area contributed by atoms with Gasteiger partial charge in [0.1, 0.15) is 5.75 Å². The molecule has 0 amide bonds. The molecule has 2 nitrogen and oxygen atoms in total. The van der Waals surface area contributed by atoms with Crippen LogP contribution in [0.2, 0.25) is 9.36 Å². The predicted octanol–water partition coefficient (Wildman–Crippen LogP) is 4.42. The number of nitrogens with two attached hydrogens (primary N) is 1. The zero-order valence-corrected chi connectivity index (χ0v) is 12.4. The highest BCUT2D eigenvalue weighted by atomic mass is 35.5. The maximum atomic E-state index is 6.26. The number of methoxy groups -OCH3 is 1. The molecule has 1 aromatic carbocycles. The molecule has 0 aliphatic heterocycles. The molecule has 96 valence electrons. The summed E-state index contributed by atoms with van der Waals surface area (Å²) in [6.07, 6.45) is 0. The van der Waals surface area contributed by atoms with Crippen molar-refractivity contribution in [3.63, 3.8) is 0 Å². The number of hydrogen-bond donors (Lipinski definition) is 1. The summed E-state index contributed by atoms with van der Waals surface area (Å²) in [7, 11) is 1.62. The van der Waals surface area contributed by atoms with Gasteiger partial charge in [0.2, 0.25) is 0 Å². The van der Waals surface area contributed by atoms with Crippen molar-refractivity contribution in [1.29, 1.82) is 0 Å². The Bertz CT molecular complexity index is 549. The van der Waals surface area contributed by atoms with Crippen molar-refractivity contribution in [2.24, 2.45) is 5.73 Å². The van der Waals surface area contributed by atoms with Crippen LogP contribution in [0.25, 0.3) is 0 Å². The largest absolute Gasteiger partial charge is 0.496 e. The van der Waals surface area contributed by atoms with E-state index >= 15 is 0 Å². The first kappa shape index (κ1) is 13.7. The second-order valence-electron chi connectivity index (χ2n) is 3.97. The Morgan fingerprint density at radius 3 is 2.56 bits per heavy atom. The van der Waals surface area contributed by atoms with E-state index in [1.54, 1.807) is 13.2 Å². The Kier molecular flexibility index (Phi) is 4.17. The molecule has 0 fully saturated rings. The average molecular weight is 302 g/mol. The summed E-state index contributed by atoms with van der Waals surface area (Å²) in [5.41, 5.74) is 8.16. The zero-order valence-electron chi connectivity index (χ0n) is 10.0. The van der Waals surface area contributed by atoms with Crippen LogP contribution in [-0.2, 0) is 0 Å². The van der Waals surface area contributed by atoms with Gasteiger partial charge in [0.15, 0.2) is 0 Å². The second kappa shape index (κ2) is 5.49. The Labute approximate surface area is 120 Å². The third kappa shape index (κ3) is 2.64. The Balaban J connectivity index is 2.44. The Hall–Kier alpha value is -0.740. The maximum Gasteiger partial charge on any atom is 0.124 e. The van der Waals surface area contributed by atoms with Gasteiger partial charge in [-0.1, -0.05) is 23.2 Å². The molecule has 5 heteroatoms. The van der Waals surface area contributed by atoms with Gasteiger partial charge in [-0.15, -0.1) is 11.3 Å². The van der Waals surface area contributed by atoms with E-state index < -0.39 is 0 Å². The first-order valence-corrected chi connectivity index (χ1v) is 6.95. The quantitative estimate of drug-likeness (QED) is 0.911. The number of aryl methyl sites for hydroxylation is 1. The predicted molar refractivity (Wildman–Crippen MR) is 78.1 cm³/mol. The molecule has 2 rings (SSSR count). The molecular formula is C13H13Cl2NOS. The molecule has 1 heterocycles. The molecule has 0 radical (unpaired) electrons. The van der Waals surface area contributed by atoms with Gasteiger partial charge in [-0.05, 0) is 36.8 Å². The normalized spacial score (nSPS) is 12.5. The van der Waals surface area contributed by atoms with Gasteiger partial charge in [0.25, 0.3) is 0 Å². The summed E-state index contributed by atoms with van der Waals surface area (Å²) in [6.45, 7) is 1.96. The molecule has 2 N–H and O–H groups in total. The fraction of sp³-hybridized carbons (Fsp3) is 0.231. The highest BCUT2D eigenvalue weighted by Gasteiger charge is 2.17. The van der Waals surface area contributed by atoms with Crippen LogP contribution in [0.1, 0.15) is 22.0 Å². The van der Waals surface area contributed by atoms with Gasteiger partial charge in [-0.2, -0.15) is 0 Å². The summed E-state index contributed by atoms with van der Waals surface area (Å²) in [4.78, 5) is 0.998. The summed E-state index contributed by atoms with van der Waals surface area (Å²) in [6, 6.07) is 7.14. The zero-order chi connectivity index (χ0) is 13.3. The van der Waals surface area contributed by atoms with Gasteiger partial charge >= 0.3 is 0 Å². The van der Waals surface area contributed by atoms with Crippen molar-refractivity contribution in [1.82, 2.24) is 0 Å². The SMILES string of the molecule is COc1ccc(Cl)cc1C(N)c1cc(C)c(Cl)s1. The lowest BCUT2D eigenvalue weighted by Crippen LogP contribution is -2.11. The van der Waals surface area contributed by atoms with Crippen molar-refractivity contribution in [2.45, 2.75) is 13.0 Å². The summed E-state index contributed by atoms with van der Waals surface area (Å²) in [5, 5.41) is 0.639. The number of thiophene rings is 1. The minimum atomic E-state index is -0.283. The molecule has 1 unspecified atom stereocenters. The topological polar surface area (TPSA) is 35.2 Å². The summed E-state index contributed by atoms with van der Waals surface area (Å²) < 4.78 is 6.08. The molecule has 0 bridgehead atoms. The number of rotatable bonds is 3. The number of ether oxygens (including phenoxy) is 1. The Morgan fingerprint density at radius 2 is 2.00 bits per heavy atom. The maximum absolute atomic E-state index is 6.26. The monoisotopic (exact) mass is 301 g/mol. The van der Waals surface area contributed by atoms with Gasteiger partial charge in [-0.25, -0.2) is 0 Å². The van der Waals surface area contributed by atoms with Crippen molar-refractivity contribution in [3.05, 3.63) is 49.6 Å². The minimum Gasteiger partial charge on any atom is -0.496 e. The van der Waals surface area contributed by atoms with E-state index in [0.717, 1.165) is 26.1 Å². The van der Waals surface area contributed by atoms with Crippen LogP contribution in [-0.4, -0.2) is 7.11 Å². The lowest BCUT2D eigenvalue weighted by Gasteiger charge is -2.14. The second-order valence-corrected chi connectivity index (χ2v) is 6.09. The van der Waals surface area contributed by atoms with Gasteiger partial charge in [0.05, 0.1) is 17.5 Å². The molecule has 0 saturated heterocycles. The van der Waals surface area contributed by atoms with Crippen molar-refractivity contribution in [3.8, 4) is 5.75 Å². The molecule has 2 aromatic rings. The third-order valence-corrected chi connectivity index (χ3v) is 4.58. The highest BCUT2D eigenvalue weighted by Crippen LogP contribution is 2.36. The van der Waals surface area contributed by atoms with Crippen LogP contribution in [0.5, 0.6) is 5.75 Å². The Morgan fingerprint density at radius 1 is 1.28 bits per heavy atom. The molecule has 0 aliphatic rings. The van der Waals surface area contributed by atoms with Gasteiger partial charge < -0.3 is 10.5 Å². The van der Waals surface area contributed by atoms with E-state index in [1.165, 1.54) is 11.3 Å². The molecule has 18 heavy (non-hydrogen) atoms. The van der Waals surface area contributed by atoms with Crippen LogP contribution in [0.3, 0.4) is 0 Å². The average Bonchev–Trinajstić information content (AvgIpc) is 2.68. The summed E-state index contributed by atoms with van der Waals surface area (Å²) >= 11 is 13.6. The van der Waals surface area contributed by atoms with Crippen LogP contribution in [0, 0.1) is 6.92 Å². The third-order valence-electron chi connectivity index (χ3n) is 2.71.